The number of nitrogens with zero attached hydrogens (tertiary/aromatic N) is 2. The van der Waals surface area contributed by atoms with Crippen LogP contribution in [0, 0.1) is 13.8 Å². The average molecular weight is 361 g/mol. The molecule has 0 atom stereocenters. The molecule has 2 aromatic rings. The van der Waals surface area contributed by atoms with Crippen molar-refractivity contribution in [1.82, 2.24) is 9.47 Å². The van der Waals surface area contributed by atoms with Crippen LogP contribution in [0.2, 0.25) is 5.02 Å². The van der Waals surface area contributed by atoms with Crippen LogP contribution in [0.3, 0.4) is 0 Å². The maximum absolute atomic E-state index is 12.7. The molecular weight excluding hydrogens is 340 g/mol. The van der Waals surface area contributed by atoms with Gasteiger partial charge in [-0.25, -0.2) is 0 Å². The SMILES string of the molecule is Cc1cc(C(=O)C(=O)N2CCC(O)CC2)c(C)n1-c1ccc(Cl)cc1. The quantitative estimate of drug-likeness (QED) is 0.676. The number of Topliss-reactive ketones (excluding diaryl/α,β-unsaturated/α-hetero) is 1. The van der Waals surface area contributed by atoms with E-state index in [4.69, 9.17) is 11.6 Å². The lowest BCUT2D eigenvalue weighted by molar-refractivity contribution is -0.128. The molecule has 1 amide bonds. The number of carbonyl (C=O) groups is 2. The van der Waals surface area contributed by atoms with E-state index in [1.54, 1.807) is 18.2 Å². The predicted molar refractivity (Wildman–Crippen MR) is 96.4 cm³/mol. The average Bonchev–Trinajstić information content (AvgIpc) is 2.90. The van der Waals surface area contributed by atoms with Crippen LogP contribution in [0.1, 0.15) is 34.6 Å². The van der Waals surface area contributed by atoms with Crippen molar-refractivity contribution < 1.29 is 14.7 Å². The van der Waals surface area contributed by atoms with Crippen LogP contribution < -0.4 is 0 Å². The summed E-state index contributed by atoms with van der Waals surface area (Å²) < 4.78 is 1.94. The molecule has 3 rings (SSSR count). The lowest BCUT2D eigenvalue weighted by Crippen LogP contribution is -2.43. The third-order valence-electron chi connectivity index (χ3n) is 4.71. The van der Waals surface area contributed by atoms with Crippen molar-refractivity contribution in [3.05, 3.63) is 52.3 Å². The molecule has 0 saturated carbocycles. The normalized spacial score (nSPS) is 15.4. The summed E-state index contributed by atoms with van der Waals surface area (Å²) in [7, 11) is 0. The molecule has 0 unspecified atom stereocenters. The molecule has 1 fully saturated rings. The number of benzene rings is 1. The molecular formula is C19H21ClN2O3. The van der Waals surface area contributed by atoms with Crippen LogP contribution in [-0.4, -0.2) is 45.5 Å². The molecule has 1 saturated heterocycles. The summed E-state index contributed by atoms with van der Waals surface area (Å²) >= 11 is 5.94. The lowest BCUT2D eigenvalue weighted by atomic mass is 10.1. The topological polar surface area (TPSA) is 62.5 Å². The number of aliphatic hydroxyl groups is 1. The molecule has 0 spiro atoms. The third kappa shape index (κ3) is 3.48. The Morgan fingerprint density at radius 3 is 2.32 bits per heavy atom. The molecule has 0 bridgehead atoms. The van der Waals surface area contributed by atoms with E-state index in [0.717, 1.165) is 17.1 Å². The summed E-state index contributed by atoms with van der Waals surface area (Å²) in [5.74, 6) is -0.993. The van der Waals surface area contributed by atoms with Gasteiger partial charge in [-0.1, -0.05) is 11.6 Å². The molecule has 5 nitrogen and oxygen atoms in total. The van der Waals surface area contributed by atoms with Gasteiger partial charge in [0, 0.05) is 40.8 Å². The minimum absolute atomic E-state index is 0.380. The smallest absolute Gasteiger partial charge is 0.295 e. The maximum atomic E-state index is 12.7. The molecule has 132 valence electrons. The van der Waals surface area contributed by atoms with Gasteiger partial charge in [0.2, 0.25) is 0 Å². The number of halogens is 1. The molecule has 6 heteroatoms. The summed E-state index contributed by atoms with van der Waals surface area (Å²) in [5, 5.41) is 10.2. The number of ketones is 1. The summed E-state index contributed by atoms with van der Waals surface area (Å²) in [6, 6.07) is 9.10. The number of amides is 1. The highest BCUT2D eigenvalue weighted by Crippen LogP contribution is 2.23. The highest BCUT2D eigenvalue weighted by molar-refractivity contribution is 6.43. The number of rotatable bonds is 3. The Hall–Kier alpha value is -2.11. The zero-order valence-corrected chi connectivity index (χ0v) is 15.1. The van der Waals surface area contributed by atoms with Crippen LogP contribution in [0.15, 0.2) is 30.3 Å². The van der Waals surface area contributed by atoms with Crippen LogP contribution >= 0.6 is 11.6 Å². The fourth-order valence-electron chi connectivity index (χ4n) is 3.31. The van der Waals surface area contributed by atoms with E-state index in [0.29, 0.717) is 36.5 Å². The lowest BCUT2D eigenvalue weighted by Gasteiger charge is -2.28. The van der Waals surface area contributed by atoms with Gasteiger partial charge >= 0.3 is 0 Å². The second-order valence-electron chi connectivity index (χ2n) is 6.45. The second kappa shape index (κ2) is 7.02. The summed E-state index contributed by atoms with van der Waals surface area (Å²) in [6.07, 6.45) is 0.653. The van der Waals surface area contributed by atoms with Gasteiger partial charge in [-0.05, 0) is 57.0 Å². The van der Waals surface area contributed by atoms with Gasteiger partial charge in [0.25, 0.3) is 11.7 Å². The van der Waals surface area contributed by atoms with Gasteiger partial charge in [0.15, 0.2) is 0 Å². The van der Waals surface area contributed by atoms with Crippen molar-refractivity contribution in [3.8, 4) is 5.69 Å². The summed E-state index contributed by atoms with van der Waals surface area (Å²) in [5.41, 5.74) is 2.93. The van der Waals surface area contributed by atoms with Crippen molar-refractivity contribution in [2.75, 3.05) is 13.1 Å². The number of hydrogen-bond donors (Lipinski definition) is 1. The third-order valence-corrected chi connectivity index (χ3v) is 4.96. The Balaban J connectivity index is 1.88. The molecule has 1 N–H and O–H groups in total. The minimum atomic E-state index is -0.497. The highest BCUT2D eigenvalue weighted by Gasteiger charge is 2.29. The summed E-state index contributed by atoms with van der Waals surface area (Å²) in [4.78, 5) is 26.8. The van der Waals surface area contributed by atoms with Crippen molar-refractivity contribution in [3.63, 3.8) is 0 Å². The van der Waals surface area contributed by atoms with Crippen LogP contribution in [0.25, 0.3) is 5.69 Å². The number of aryl methyl sites for hydroxylation is 1. The van der Waals surface area contributed by atoms with E-state index in [1.165, 1.54) is 4.90 Å². The number of aromatic nitrogens is 1. The molecule has 2 heterocycles. The minimum Gasteiger partial charge on any atom is -0.393 e. The first-order valence-electron chi connectivity index (χ1n) is 8.35. The fourth-order valence-corrected chi connectivity index (χ4v) is 3.43. The van der Waals surface area contributed by atoms with Crippen molar-refractivity contribution in [2.45, 2.75) is 32.8 Å². The Labute approximate surface area is 151 Å². The molecule has 1 aliphatic rings. The second-order valence-corrected chi connectivity index (χ2v) is 6.89. The van der Waals surface area contributed by atoms with E-state index >= 15 is 0 Å². The van der Waals surface area contributed by atoms with Crippen LogP contribution in [0.4, 0.5) is 0 Å². The zero-order chi connectivity index (χ0) is 18.1. The first kappa shape index (κ1) is 17.7. The largest absolute Gasteiger partial charge is 0.393 e. The number of carbonyl (C=O) groups excluding carboxylic acids is 2. The van der Waals surface area contributed by atoms with E-state index in [2.05, 4.69) is 0 Å². The number of likely N-dealkylation sites (tertiary alicyclic amines) is 1. The van der Waals surface area contributed by atoms with E-state index < -0.39 is 11.7 Å². The number of aliphatic hydroxyl groups excluding tert-OH is 1. The van der Waals surface area contributed by atoms with E-state index in [1.807, 2.05) is 30.5 Å². The van der Waals surface area contributed by atoms with Crippen molar-refractivity contribution in [1.29, 1.82) is 0 Å². The first-order valence-corrected chi connectivity index (χ1v) is 8.73. The Kier molecular flexibility index (Phi) is 4.97. The predicted octanol–water partition coefficient (Wildman–Crippen LogP) is 2.91. The van der Waals surface area contributed by atoms with Crippen molar-refractivity contribution >= 4 is 23.3 Å². The molecule has 1 aromatic carbocycles. The summed E-state index contributed by atoms with van der Waals surface area (Å²) in [6.45, 7) is 4.57. The van der Waals surface area contributed by atoms with E-state index in [9.17, 15) is 14.7 Å². The Bertz CT molecular complexity index is 803. The molecule has 1 aliphatic heterocycles. The zero-order valence-electron chi connectivity index (χ0n) is 14.3. The monoisotopic (exact) mass is 360 g/mol. The first-order chi connectivity index (χ1) is 11.9. The molecule has 1 aromatic heterocycles. The van der Waals surface area contributed by atoms with Gasteiger partial charge in [-0.15, -0.1) is 0 Å². The van der Waals surface area contributed by atoms with Gasteiger partial charge in [-0.2, -0.15) is 0 Å². The number of piperidine rings is 1. The standard InChI is InChI=1S/C19H21ClN2O3/c1-12-11-17(13(2)22(12)15-5-3-14(20)4-6-15)18(24)19(25)21-9-7-16(23)8-10-21/h3-6,11,16,23H,7-10H2,1-2H3. The Morgan fingerprint density at radius 1 is 1.12 bits per heavy atom. The molecule has 0 radical (unpaired) electrons. The van der Waals surface area contributed by atoms with Gasteiger partial charge in [0.1, 0.15) is 0 Å². The molecule has 25 heavy (non-hydrogen) atoms. The van der Waals surface area contributed by atoms with Gasteiger partial charge in [0.05, 0.1) is 6.10 Å². The Morgan fingerprint density at radius 2 is 1.72 bits per heavy atom. The number of hydrogen-bond acceptors (Lipinski definition) is 3. The fraction of sp³-hybridized carbons (Fsp3) is 0.368. The molecule has 0 aliphatic carbocycles. The highest BCUT2D eigenvalue weighted by atomic mass is 35.5. The van der Waals surface area contributed by atoms with Crippen molar-refractivity contribution in [2.24, 2.45) is 0 Å². The van der Waals surface area contributed by atoms with E-state index in [-0.39, 0.29) is 6.10 Å². The van der Waals surface area contributed by atoms with Crippen LogP contribution in [0.5, 0.6) is 0 Å². The van der Waals surface area contributed by atoms with Gasteiger partial charge < -0.3 is 14.6 Å². The maximum Gasteiger partial charge on any atom is 0.295 e. The van der Waals surface area contributed by atoms with Crippen LogP contribution in [-0.2, 0) is 4.79 Å². The van der Waals surface area contributed by atoms with Gasteiger partial charge in [-0.3, -0.25) is 9.59 Å².